The smallest absolute Gasteiger partial charge is 0.141 e. The summed E-state index contributed by atoms with van der Waals surface area (Å²) in [5.41, 5.74) is 1.26. The second-order valence-corrected chi connectivity index (χ2v) is 6.27. The summed E-state index contributed by atoms with van der Waals surface area (Å²) in [6.45, 7) is 0.907. The zero-order valence-corrected chi connectivity index (χ0v) is 13.2. The van der Waals surface area contributed by atoms with Crippen LogP contribution in [0.2, 0.25) is 5.02 Å². The van der Waals surface area contributed by atoms with E-state index in [4.69, 9.17) is 16.3 Å². The number of benzene rings is 2. The zero-order valence-electron chi connectivity index (χ0n) is 10.9. The van der Waals surface area contributed by atoms with E-state index in [-0.39, 0.29) is 0 Å². The Kier molecular flexibility index (Phi) is 4.29. The standard InChI is InChI=1S/C16H15BrClNO/c17-15-9-11(10-19-13-4-5-13)1-8-16(15)20-14-6-2-12(18)3-7-14/h1-3,6-9,13,19H,4-5,10H2. The van der Waals surface area contributed by atoms with Crippen molar-refractivity contribution in [2.45, 2.75) is 25.4 Å². The highest BCUT2D eigenvalue weighted by Gasteiger charge is 2.20. The van der Waals surface area contributed by atoms with Crippen LogP contribution < -0.4 is 10.1 Å². The number of hydrogen-bond acceptors (Lipinski definition) is 2. The molecule has 20 heavy (non-hydrogen) atoms. The molecule has 0 aromatic heterocycles. The van der Waals surface area contributed by atoms with Crippen LogP contribution in [0.3, 0.4) is 0 Å². The Morgan fingerprint density at radius 1 is 1.15 bits per heavy atom. The lowest BCUT2D eigenvalue weighted by Crippen LogP contribution is -2.15. The van der Waals surface area contributed by atoms with Crippen molar-refractivity contribution >= 4 is 27.5 Å². The van der Waals surface area contributed by atoms with Crippen LogP contribution in [-0.2, 0) is 6.54 Å². The van der Waals surface area contributed by atoms with Gasteiger partial charge in [-0.3, -0.25) is 0 Å². The van der Waals surface area contributed by atoms with Crippen molar-refractivity contribution in [1.82, 2.24) is 5.32 Å². The summed E-state index contributed by atoms with van der Waals surface area (Å²) < 4.78 is 6.79. The van der Waals surface area contributed by atoms with Crippen LogP contribution in [0.25, 0.3) is 0 Å². The first-order valence-corrected chi connectivity index (χ1v) is 7.83. The molecule has 1 N–H and O–H groups in total. The highest BCUT2D eigenvalue weighted by molar-refractivity contribution is 9.10. The quantitative estimate of drug-likeness (QED) is 0.804. The minimum atomic E-state index is 0.706. The van der Waals surface area contributed by atoms with Gasteiger partial charge in [0.15, 0.2) is 0 Å². The van der Waals surface area contributed by atoms with Gasteiger partial charge in [-0.15, -0.1) is 0 Å². The summed E-state index contributed by atoms with van der Waals surface area (Å²) >= 11 is 9.42. The first-order valence-electron chi connectivity index (χ1n) is 6.66. The van der Waals surface area contributed by atoms with E-state index in [1.54, 1.807) is 0 Å². The average Bonchev–Trinajstić information content (AvgIpc) is 3.26. The Balaban J connectivity index is 1.68. The number of rotatable bonds is 5. The molecule has 4 heteroatoms. The van der Waals surface area contributed by atoms with E-state index in [0.717, 1.165) is 28.6 Å². The average molecular weight is 353 g/mol. The molecule has 2 aromatic rings. The maximum atomic E-state index is 5.86. The molecule has 2 nitrogen and oxygen atoms in total. The molecule has 0 radical (unpaired) electrons. The fourth-order valence-corrected chi connectivity index (χ4v) is 2.55. The van der Waals surface area contributed by atoms with Crippen LogP contribution in [0, 0.1) is 0 Å². The molecule has 2 aromatic carbocycles. The summed E-state index contributed by atoms with van der Waals surface area (Å²) in [5, 5.41) is 4.21. The Morgan fingerprint density at radius 3 is 2.55 bits per heavy atom. The van der Waals surface area contributed by atoms with Crippen molar-refractivity contribution in [2.24, 2.45) is 0 Å². The molecule has 0 saturated heterocycles. The van der Waals surface area contributed by atoms with Gasteiger partial charge in [-0.05, 0) is 70.7 Å². The van der Waals surface area contributed by atoms with Crippen molar-refractivity contribution in [3.63, 3.8) is 0 Å². The van der Waals surface area contributed by atoms with Gasteiger partial charge in [-0.1, -0.05) is 17.7 Å². The molecule has 0 unspecified atom stereocenters. The van der Waals surface area contributed by atoms with Crippen molar-refractivity contribution in [1.29, 1.82) is 0 Å². The monoisotopic (exact) mass is 351 g/mol. The fourth-order valence-electron chi connectivity index (χ4n) is 1.92. The van der Waals surface area contributed by atoms with Crippen LogP contribution in [0.1, 0.15) is 18.4 Å². The number of halogens is 2. The lowest BCUT2D eigenvalue weighted by molar-refractivity contribution is 0.479. The topological polar surface area (TPSA) is 21.3 Å². The minimum Gasteiger partial charge on any atom is -0.456 e. The lowest BCUT2D eigenvalue weighted by atomic mass is 10.2. The van der Waals surface area contributed by atoms with E-state index < -0.39 is 0 Å². The molecule has 1 fully saturated rings. The third kappa shape index (κ3) is 3.75. The van der Waals surface area contributed by atoms with Crippen molar-refractivity contribution < 1.29 is 4.74 Å². The summed E-state index contributed by atoms with van der Waals surface area (Å²) in [6, 6.07) is 14.2. The van der Waals surface area contributed by atoms with Crippen molar-refractivity contribution in [3.05, 3.63) is 57.5 Å². The maximum absolute atomic E-state index is 5.86. The Bertz CT molecular complexity index is 596. The highest BCUT2D eigenvalue weighted by Crippen LogP contribution is 2.31. The SMILES string of the molecule is Clc1ccc(Oc2ccc(CNC3CC3)cc2Br)cc1. The second kappa shape index (κ2) is 6.17. The summed E-state index contributed by atoms with van der Waals surface area (Å²) in [5.74, 6) is 1.58. The van der Waals surface area contributed by atoms with Gasteiger partial charge in [0.05, 0.1) is 4.47 Å². The molecule has 0 bridgehead atoms. The van der Waals surface area contributed by atoms with Crippen LogP contribution in [0.15, 0.2) is 46.9 Å². The van der Waals surface area contributed by atoms with Gasteiger partial charge in [0.2, 0.25) is 0 Å². The molecule has 104 valence electrons. The highest BCUT2D eigenvalue weighted by atomic mass is 79.9. The van der Waals surface area contributed by atoms with Crippen LogP contribution in [-0.4, -0.2) is 6.04 Å². The van der Waals surface area contributed by atoms with E-state index in [1.165, 1.54) is 18.4 Å². The Hall–Kier alpha value is -1.03. The fraction of sp³-hybridized carbons (Fsp3) is 0.250. The number of hydrogen-bond donors (Lipinski definition) is 1. The van der Waals surface area contributed by atoms with Gasteiger partial charge in [0.1, 0.15) is 11.5 Å². The van der Waals surface area contributed by atoms with Crippen LogP contribution in [0.4, 0.5) is 0 Å². The second-order valence-electron chi connectivity index (χ2n) is 4.98. The first kappa shape index (κ1) is 13.9. The van der Waals surface area contributed by atoms with Gasteiger partial charge in [-0.25, -0.2) is 0 Å². The Labute approximate surface area is 132 Å². The van der Waals surface area contributed by atoms with E-state index >= 15 is 0 Å². The molecule has 0 aliphatic heterocycles. The van der Waals surface area contributed by atoms with Gasteiger partial charge in [0.25, 0.3) is 0 Å². The maximum Gasteiger partial charge on any atom is 0.141 e. The molecule has 1 aliphatic rings. The molecule has 0 amide bonds. The molecule has 0 spiro atoms. The lowest BCUT2D eigenvalue weighted by Gasteiger charge is -2.10. The van der Waals surface area contributed by atoms with Gasteiger partial charge < -0.3 is 10.1 Å². The molecule has 3 rings (SSSR count). The third-order valence-corrected chi connectivity index (χ3v) is 4.08. The van der Waals surface area contributed by atoms with Crippen LogP contribution >= 0.6 is 27.5 Å². The summed E-state index contributed by atoms with van der Waals surface area (Å²) in [7, 11) is 0. The van der Waals surface area contributed by atoms with Gasteiger partial charge >= 0.3 is 0 Å². The van der Waals surface area contributed by atoms with Gasteiger partial charge in [0, 0.05) is 17.6 Å². The summed E-state index contributed by atoms with van der Waals surface area (Å²) in [4.78, 5) is 0. The molecular formula is C16H15BrClNO. The molecule has 0 atom stereocenters. The largest absolute Gasteiger partial charge is 0.456 e. The predicted molar refractivity (Wildman–Crippen MR) is 85.5 cm³/mol. The van der Waals surface area contributed by atoms with Crippen LogP contribution in [0.5, 0.6) is 11.5 Å². The first-order chi connectivity index (χ1) is 9.70. The Morgan fingerprint density at radius 2 is 1.90 bits per heavy atom. The molecule has 1 aliphatic carbocycles. The molecule has 0 heterocycles. The van der Waals surface area contributed by atoms with E-state index in [0.29, 0.717) is 5.02 Å². The summed E-state index contributed by atoms with van der Waals surface area (Å²) in [6.07, 6.45) is 2.61. The third-order valence-electron chi connectivity index (χ3n) is 3.21. The molecular weight excluding hydrogens is 338 g/mol. The minimum absolute atomic E-state index is 0.706. The number of ether oxygens (including phenoxy) is 1. The normalized spacial score (nSPS) is 14.3. The van der Waals surface area contributed by atoms with Crippen molar-refractivity contribution in [3.8, 4) is 11.5 Å². The van der Waals surface area contributed by atoms with Crippen molar-refractivity contribution in [2.75, 3.05) is 0 Å². The van der Waals surface area contributed by atoms with E-state index in [2.05, 4.69) is 33.4 Å². The van der Waals surface area contributed by atoms with Gasteiger partial charge in [-0.2, -0.15) is 0 Å². The zero-order chi connectivity index (χ0) is 13.9. The van der Waals surface area contributed by atoms with E-state index in [1.807, 2.05) is 30.3 Å². The van der Waals surface area contributed by atoms with E-state index in [9.17, 15) is 0 Å². The molecule has 1 saturated carbocycles. The predicted octanol–water partition coefficient (Wildman–Crippen LogP) is 5.15. The number of nitrogens with one attached hydrogen (secondary N) is 1.